The molecule has 0 amide bonds. The van der Waals surface area contributed by atoms with Crippen LogP contribution < -0.4 is 0 Å². The van der Waals surface area contributed by atoms with Crippen LogP contribution in [-0.2, 0) is 0 Å². The zero-order chi connectivity index (χ0) is 32.2. The zero-order valence-corrected chi connectivity index (χ0v) is 28.4. The molecule has 0 aliphatic rings. The summed E-state index contributed by atoms with van der Waals surface area (Å²) in [5.41, 5.74) is 19.4. The Morgan fingerprint density at radius 1 is 0.348 bits per heavy atom. The van der Waals surface area contributed by atoms with Gasteiger partial charge in [0.25, 0.3) is 0 Å². The number of furan rings is 1. The molecule has 0 N–H and O–H groups in total. The lowest BCUT2D eigenvalue weighted by atomic mass is 9.76. The number of hydrogen-bond acceptors (Lipinski definition) is 1. The average Bonchev–Trinajstić information content (AvgIpc) is 3.44. The average molecular weight is 597 g/mol. The van der Waals surface area contributed by atoms with Crippen molar-refractivity contribution in [2.24, 2.45) is 0 Å². The largest absolute Gasteiger partial charge is 0.456 e. The lowest BCUT2D eigenvalue weighted by Crippen LogP contribution is -2.03. The minimum atomic E-state index is 0.937. The second-order valence-electron chi connectivity index (χ2n) is 13.5. The molecular weight excluding hydrogens is 556 g/mol. The van der Waals surface area contributed by atoms with Crippen LogP contribution in [0.15, 0.2) is 83.3 Å². The van der Waals surface area contributed by atoms with E-state index in [1.165, 1.54) is 115 Å². The molecule has 0 spiro atoms. The Bertz CT molecular complexity index is 2510. The summed E-state index contributed by atoms with van der Waals surface area (Å²) in [5, 5.41) is 10.4. The van der Waals surface area contributed by atoms with E-state index in [1.807, 2.05) is 0 Å². The van der Waals surface area contributed by atoms with E-state index in [9.17, 15) is 0 Å². The SMILES string of the molecule is Cc1c(C)c(C)c2c(-c3ccc4oc5cc6ccccc6c(C)c5c4c3)c3c(C)c(C)c(C)c(C)c3c(-c3ccccc3)c2c1C. The highest BCUT2D eigenvalue weighted by Crippen LogP contribution is 2.51. The summed E-state index contributed by atoms with van der Waals surface area (Å²) in [6.45, 7) is 20.8. The monoisotopic (exact) mass is 596 g/mol. The van der Waals surface area contributed by atoms with Crippen LogP contribution in [0.2, 0.25) is 0 Å². The molecule has 0 fully saturated rings. The van der Waals surface area contributed by atoms with Gasteiger partial charge in [-0.25, -0.2) is 0 Å². The summed E-state index contributed by atoms with van der Waals surface area (Å²) in [6, 6.07) is 28.8. The maximum atomic E-state index is 6.54. The maximum Gasteiger partial charge on any atom is 0.136 e. The molecule has 1 heterocycles. The Kier molecular flexibility index (Phi) is 6.25. The first-order valence-electron chi connectivity index (χ1n) is 16.5. The van der Waals surface area contributed by atoms with E-state index in [1.54, 1.807) is 0 Å². The number of aryl methyl sites for hydroxylation is 5. The number of fused-ring (bicyclic) bond motifs is 6. The molecule has 0 saturated carbocycles. The Morgan fingerprint density at radius 2 is 0.848 bits per heavy atom. The van der Waals surface area contributed by atoms with Crippen LogP contribution in [0.4, 0.5) is 0 Å². The Morgan fingerprint density at radius 3 is 1.41 bits per heavy atom. The number of rotatable bonds is 2. The fourth-order valence-corrected chi connectivity index (χ4v) is 8.31. The van der Waals surface area contributed by atoms with Gasteiger partial charge in [0.1, 0.15) is 11.2 Å². The minimum absolute atomic E-state index is 0.937. The molecule has 0 aliphatic carbocycles. The van der Waals surface area contributed by atoms with Gasteiger partial charge in [-0.2, -0.15) is 0 Å². The van der Waals surface area contributed by atoms with E-state index in [0.717, 1.165) is 11.2 Å². The van der Waals surface area contributed by atoms with Crippen LogP contribution in [-0.4, -0.2) is 0 Å². The molecule has 0 saturated heterocycles. The zero-order valence-electron chi connectivity index (χ0n) is 28.4. The summed E-state index contributed by atoms with van der Waals surface area (Å²) in [6.07, 6.45) is 0. The Balaban J connectivity index is 1.64. The molecule has 7 aromatic carbocycles. The lowest BCUT2D eigenvalue weighted by Gasteiger charge is -2.27. The van der Waals surface area contributed by atoms with Crippen molar-refractivity contribution in [3.8, 4) is 22.3 Å². The second kappa shape index (κ2) is 10.1. The van der Waals surface area contributed by atoms with Crippen molar-refractivity contribution in [1.29, 1.82) is 0 Å². The van der Waals surface area contributed by atoms with Crippen molar-refractivity contribution >= 4 is 54.3 Å². The van der Waals surface area contributed by atoms with Crippen LogP contribution in [0.5, 0.6) is 0 Å². The molecule has 1 aromatic heterocycles. The van der Waals surface area contributed by atoms with Crippen molar-refractivity contribution in [1.82, 2.24) is 0 Å². The van der Waals surface area contributed by atoms with Crippen LogP contribution in [0.3, 0.4) is 0 Å². The second-order valence-corrected chi connectivity index (χ2v) is 13.5. The van der Waals surface area contributed by atoms with Gasteiger partial charge in [-0.15, -0.1) is 0 Å². The minimum Gasteiger partial charge on any atom is -0.456 e. The van der Waals surface area contributed by atoms with Crippen molar-refractivity contribution in [3.63, 3.8) is 0 Å². The summed E-state index contributed by atoms with van der Waals surface area (Å²) in [4.78, 5) is 0. The smallest absolute Gasteiger partial charge is 0.136 e. The van der Waals surface area contributed by atoms with E-state index in [0.29, 0.717) is 0 Å². The van der Waals surface area contributed by atoms with Gasteiger partial charge in [0.05, 0.1) is 0 Å². The first-order valence-corrected chi connectivity index (χ1v) is 16.5. The predicted molar refractivity (Wildman–Crippen MR) is 200 cm³/mol. The van der Waals surface area contributed by atoms with Crippen molar-refractivity contribution in [3.05, 3.63) is 129 Å². The van der Waals surface area contributed by atoms with Gasteiger partial charge in [-0.05, 0) is 185 Å². The van der Waals surface area contributed by atoms with Gasteiger partial charge in [-0.1, -0.05) is 60.7 Å². The normalized spacial score (nSPS) is 12.0. The van der Waals surface area contributed by atoms with Gasteiger partial charge in [0.15, 0.2) is 0 Å². The molecule has 46 heavy (non-hydrogen) atoms. The van der Waals surface area contributed by atoms with E-state index in [2.05, 4.69) is 141 Å². The van der Waals surface area contributed by atoms with Crippen LogP contribution in [0.1, 0.15) is 50.1 Å². The molecule has 0 atom stereocenters. The van der Waals surface area contributed by atoms with Crippen molar-refractivity contribution in [2.45, 2.75) is 62.3 Å². The molecule has 0 unspecified atom stereocenters. The molecule has 1 heteroatoms. The van der Waals surface area contributed by atoms with Gasteiger partial charge < -0.3 is 4.42 Å². The Hall–Kier alpha value is -4.88. The third kappa shape index (κ3) is 3.75. The molecule has 1 nitrogen and oxygen atoms in total. The number of hydrogen-bond donors (Lipinski definition) is 0. The molecule has 0 bridgehead atoms. The highest BCUT2D eigenvalue weighted by atomic mass is 16.3. The predicted octanol–water partition coefficient (Wildman–Crippen LogP) is 13.2. The van der Waals surface area contributed by atoms with Gasteiger partial charge >= 0.3 is 0 Å². The van der Waals surface area contributed by atoms with Gasteiger partial charge in [0, 0.05) is 10.8 Å². The molecule has 0 aliphatic heterocycles. The van der Waals surface area contributed by atoms with Gasteiger partial charge in [-0.3, -0.25) is 0 Å². The van der Waals surface area contributed by atoms with E-state index in [4.69, 9.17) is 4.42 Å². The molecular formula is C45H40O. The van der Waals surface area contributed by atoms with Crippen LogP contribution >= 0.6 is 0 Å². The standard InChI is InChI=1S/C45H40O/c1-23-25(3)29(7)42-40(27(23)5)44(32-15-11-10-12-16-32)41-28(6)24(2)26(4)30(8)43(41)45(42)34-19-20-37-36(21-34)39-31(9)35-18-14-13-17-33(35)22-38(39)46-37/h10-22H,1-9H3. The summed E-state index contributed by atoms with van der Waals surface area (Å²) in [5.74, 6) is 0. The first-order chi connectivity index (χ1) is 22.1. The fraction of sp³-hybridized carbons (Fsp3) is 0.200. The van der Waals surface area contributed by atoms with Crippen molar-refractivity contribution < 1.29 is 4.42 Å². The third-order valence-corrected chi connectivity index (χ3v) is 11.5. The summed E-state index contributed by atoms with van der Waals surface area (Å²) >= 11 is 0. The highest BCUT2D eigenvalue weighted by Gasteiger charge is 2.26. The van der Waals surface area contributed by atoms with E-state index < -0.39 is 0 Å². The highest BCUT2D eigenvalue weighted by molar-refractivity contribution is 6.26. The van der Waals surface area contributed by atoms with Gasteiger partial charge in [0.2, 0.25) is 0 Å². The van der Waals surface area contributed by atoms with Crippen molar-refractivity contribution in [2.75, 3.05) is 0 Å². The Labute approximate surface area is 271 Å². The first kappa shape index (κ1) is 28.6. The topological polar surface area (TPSA) is 13.1 Å². The van der Waals surface area contributed by atoms with Crippen LogP contribution in [0.25, 0.3) is 76.5 Å². The van der Waals surface area contributed by atoms with Crippen LogP contribution in [0, 0.1) is 62.3 Å². The fourth-order valence-electron chi connectivity index (χ4n) is 8.31. The summed E-state index contributed by atoms with van der Waals surface area (Å²) < 4.78 is 6.54. The van der Waals surface area contributed by atoms with E-state index >= 15 is 0 Å². The quantitative estimate of drug-likeness (QED) is 0.181. The van der Waals surface area contributed by atoms with E-state index in [-0.39, 0.29) is 0 Å². The maximum absolute atomic E-state index is 6.54. The molecule has 8 aromatic rings. The molecule has 0 radical (unpaired) electrons. The third-order valence-electron chi connectivity index (χ3n) is 11.5. The summed E-state index contributed by atoms with van der Waals surface area (Å²) in [7, 11) is 0. The lowest BCUT2D eigenvalue weighted by molar-refractivity contribution is 0.669. The number of benzene rings is 7. The molecule has 8 rings (SSSR count). The molecule has 226 valence electrons.